The summed E-state index contributed by atoms with van der Waals surface area (Å²) in [7, 11) is 0. The van der Waals surface area contributed by atoms with Gasteiger partial charge in [0.25, 0.3) is 5.91 Å². The lowest BCUT2D eigenvalue weighted by molar-refractivity contribution is -0.126. The molecule has 0 aliphatic carbocycles. The van der Waals surface area contributed by atoms with Gasteiger partial charge in [-0.15, -0.1) is 0 Å². The number of phenolic OH excluding ortho intramolecular Hbond substituents is 1. The van der Waals surface area contributed by atoms with E-state index < -0.39 is 0 Å². The number of hydrogen-bond donors (Lipinski definition) is 2. The molecule has 1 aromatic carbocycles. The summed E-state index contributed by atoms with van der Waals surface area (Å²) in [5, 5.41) is 12.9. The van der Waals surface area contributed by atoms with E-state index in [1.165, 1.54) is 6.07 Å². The van der Waals surface area contributed by atoms with Crippen molar-refractivity contribution in [2.75, 3.05) is 13.1 Å². The van der Waals surface area contributed by atoms with Crippen molar-refractivity contribution in [3.05, 3.63) is 29.8 Å². The van der Waals surface area contributed by atoms with Crippen molar-refractivity contribution in [2.45, 2.75) is 45.6 Å². The van der Waals surface area contributed by atoms with Gasteiger partial charge in [-0.1, -0.05) is 26.0 Å². The monoisotopic (exact) mass is 318 g/mol. The van der Waals surface area contributed by atoms with Gasteiger partial charge in [0.2, 0.25) is 5.91 Å². The van der Waals surface area contributed by atoms with Gasteiger partial charge in [-0.2, -0.15) is 0 Å². The van der Waals surface area contributed by atoms with E-state index in [0.29, 0.717) is 18.7 Å². The molecule has 5 nitrogen and oxygen atoms in total. The van der Waals surface area contributed by atoms with Gasteiger partial charge < -0.3 is 15.3 Å². The van der Waals surface area contributed by atoms with Gasteiger partial charge in [-0.3, -0.25) is 9.59 Å². The molecule has 0 atom stereocenters. The molecule has 23 heavy (non-hydrogen) atoms. The summed E-state index contributed by atoms with van der Waals surface area (Å²) < 4.78 is 0. The number of nitrogens with zero attached hydrogens (tertiary/aromatic N) is 1. The molecule has 0 saturated carbocycles. The summed E-state index contributed by atoms with van der Waals surface area (Å²) in [6.45, 7) is 5.25. The zero-order valence-electron chi connectivity index (χ0n) is 13.9. The minimum Gasteiger partial charge on any atom is -0.507 e. The second-order valence-corrected chi connectivity index (χ2v) is 6.11. The molecule has 2 amide bonds. The number of carbonyl (C=O) groups excluding carboxylic acids is 2. The number of carbonyl (C=O) groups is 2. The van der Waals surface area contributed by atoms with Crippen LogP contribution in [-0.4, -0.2) is 41.0 Å². The molecule has 0 bridgehead atoms. The number of aromatic hydroxyl groups is 1. The lowest BCUT2D eigenvalue weighted by atomic mass is 9.99. The molecule has 1 fully saturated rings. The maximum Gasteiger partial charge on any atom is 0.257 e. The molecule has 5 heteroatoms. The number of likely N-dealkylation sites (tertiary alicyclic amines) is 1. The number of amides is 2. The van der Waals surface area contributed by atoms with Crippen molar-refractivity contribution >= 4 is 11.8 Å². The molecular weight excluding hydrogens is 292 g/mol. The van der Waals surface area contributed by atoms with E-state index in [0.717, 1.165) is 25.7 Å². The summed E-state index contributed by atoms with van der Waals surface area (Å²) in [4.78, 5) is 26.3. The van der Waals surface area contributed by atoms with E-state index in [2.05, 4.69) is 5.32 Å². The summed E-state index contributed by atoms with van der Waals surface area (Å²) in [5.41, 5.74) is 0.340. The molecule has 0 spiro atoms. The van der Waals surface area contributed by atoms with Crippen LogP contribution >= 0.6 is 0 Å². The molecule has 2 N–H and O–H groups in total. The lowest BCUT2D eigenvalue weighted by Gasteiger charge is -2.33. The third-order valence-corrected chi connectivity index (χ3v) is 4.62. The summed E-state index contributed by atoms with van der Waals surface area (Å²) in [6, 6.07) is 6.74. The molecule has 0 radical (unpaired) electrons. The first-order valence-electron chi connectivity index (χ1n) is 8.44. The fourth-order valence-electron chi connectivity index (χ4n) is 3.03. The van der Waals surface area contributed by atoms with E-state index in [1.54, 1.807) is 23.1 Å². The molecule has 1 heterocycles. The standard InChI is InChI=1S/C18H26N2O3/c1-3-13(4-2)17(22)19-14-9-11-20(12-10-14)18(23)15-7-5-6-8-16(15)21/h5-8,13-14,21H,3-4,9-12H2,1-2H3,(H,19,22). The molecule has 126 valence electrons. The molecule has 0 unspecified atom stereocenters. The van der Waals surface area contributed by atoms with Crippen LogP contribution in [0.5, 0.6) is 5.75 Å². The van der Waals surface area contributed by atoms with Crippen LogP contribution in [0.3, 0.4) is 0 Å². The average molecular weight is 318 g/mol. The Morgan fingerprint density at radius 1 is 1.22 bits per heavy atom. The molecule has 1 aromatic rings. The smallest absolute Gasteiger partial charge is 0.257 e. The second kappa shape index (κ2) is 7.99. The fourth-order valence-corrected chi connectivity index (χ4v) is 3.03. The maximum atomic E-state index is 12.4. The van der Waals surface area contributed by atoms with Crippen LogP contribution in [0.4, 0.5) is 0 Å². The average Bonchev–Trinajstić information content (AvgIpc) is 2.56. The number of phenols is 1. The van der Waals surface area contributed by atoms with Crippen molar-refractivity contribution in [3.63, 3.8) is 0 Å². The first-order valence-corrected chi connectivity index (χ1v) is 8.44. The molecule has 1 aliphatic rings. The van der Waals surface area contributed by atoms with Crippen molar-refractivity contribution in [3.8, 4) is 5.75 Å². The third-order valence-electron chi connectivity index (χ3n) is 4.62. The highest BCUT2D eigenvalue weighted by molar-refractivity contribution is 5.96. The van der Waals surface area contributed by atoms with Crippen LogP contribution in [0.2, 0.25) is 0 Å². The molecule has 2 rings (SSSR count). The second-order valence-electron chi connectivity index (χ2n) is 6.11. The van der Waals surface area contributed by atoms with Gasteiger partial charge in [0.1, 0.15) is 5.75 Å². The fraction of sp³-hybridized carbons (Fsp3) is 0.556. The molecule has 1 saturated heterocycles. The first kappa shape index (κ1) is 17.3. The minimum atomic E-state index is -0.145. The number of benzene rings is 1. The predicted molar refractivity (Wildman–Crippen MR) is 89.2 cm³/mol. The number of rotatable bonds is 5. The Morgan fingerprint density at radius 2 is 1.83 bits per heavy atom. The zero-order chi connectivity index (χ0) is 16.8. The van der Waals surface area contributed by atoms with Gasteiger partial charge in [0.05, 0.1) is 5.56 Å². The van der Waals surface area contributed by atoms with E-state index in [1.807, 2.05) is 13.8 Å². The van der Waals surface area contributed by atoms with Crippen molar-refractivity contribution < 1.29 is 14.7 Å². The topological polar surface area (TPSA) is 69.6 Å². The van der Waals surface area contributed by atoms with Crippen LogP contribution in [0.1, 0.15) is 49.9 Å². The van der Waals surface area contributed by atoms with Crippen LogP contribution in [0.25, 0.3) is 0 Å². The Hall–Kier alpha value is -2.04. The van der Waals surface area contributed by atoms with E-state index in [-0.39, 0.29) is 29.5 Å². The highest BCUT2D eigenvalue weighted by Crippen LogP contribution is 2.21. The first-order chi connectivity index (χ1) is 11.1. The van der Waals surface area contributed by atoms with E-state index >= 15 is 0 Å². The van der Waals surface area contributed by atoms with Crippen LogP contribution in [-0.2, 0) is 4.79 Å². The van der Waals surface area contributed by atoms with Gasteiger partial charge in [-0.05, 0) is 37.8 Å². The zero-order valence-corrected chi connectivity index (χ0v) is 13.9. The van der Waals surface area contributed by atoms with Crippen LogP contribution in [0, 0.1) is 5.92 Å². The quantitative estimate of drug-likeness (QED) is 0.876. The summed E-state index contributed by atoms with van der Waals surface area (Å²) in [5.74, 6) is 0.0749. The van der Waals surface area contributed by atoms with Gasteiger partial charge in [0, 0.05) is 25.0 Å². The van der Waals surface area contributed by atoms with Crippen LogP contribution in [0.15, 0.2) is 24.3 Å². The number of nitrogens with one attached hydrogen (secondary N) is 1. The van der Waals surface area contributed by atoms with Crippen molar-refractivity contribution in [1.29, 1.82) is 0 Å². The minimum absolute atomic E-state index is 0.0154. The van der Waals surface area contributed by atoms with E-state index in [4.69, 9.17) is 0 Å². The SMILES string of the molecule is CCC(CC)C(=O)NC1CCN(C(=O)c2ccccc2O)CC1. The lowest BCUT2D eigenvalue weighted by Crippen LogP contribution is -2.47. The van der Waals surface area contributed by atoms with Gasteiger partial charge in [-0.25, -0.2) is 0 Å². The van der Waals surface area contributed by atoms with Gasteiger partial charge >= 0.3 is 0 Å². The highest BCUT2D eigenvalue weighted by Gasteiger charge is 2.26. The number of para-hydroxylation sites is 1. The Kier molecular flexibility index (Phi) is 6.02. The predicted octanol–water partition coefficient (Wildman–Crippen LogP) is 2.55. The summed E-state index contributed by atoms with van der Waals surface area (Å²) in [6.07, 6.45) is 3.22. The molecular formula is C18H26N2O3. The molecule has 1 aliphatic heterocycles. The van der Waals surface area contributed by atoms with Crippen molar-refractivity contribution in [2.24, 2.45) is 5.92 Å². The highest BCUT2D eigenvalue weighted by atomic mass is 16.3. The Morgan fingerprint density at radius 3 is 2.39 bits per heavy atom. The Bertz CT molecular complexity index is 547. The maximum absolute atomic E-state index is 12.4. The van der Waals surface area contributed by atoms with Crippen LogP contribution < -0.4 is 5.32 Å². The Labute approximate surface area is 137 Å². The molecule has 0 aromatic heterocycles. The van der Waals surface area contributed by atoms with Gasteiger partial charge in [0.15, 0.2) is 0 Å². The largest absolute Gasteiger partial charge is 0.507 e. The van der Waals surface area contributed by atoms with E-state index in [9.17, 15) is 14.7 Å². The third kappa shape index (κ3) is 4.24. The number of hydrogen-bond acceptors (Lipinski definition) is 3. The Balaban J connectivity index is 1.88. The van der Waals surface area contributed by atoms with Crippen molar-refractivity contribution in [1.82, 2.24) is 10.2 Å². The normalized spacial score (nSPS) is 15.7. The summed E-state index contributed by atoms with van der Waals surface area (Å²) >= 11 is 0. The number of piperidine rings is 1.